The number of carbonyl (C=O) groups excluding carboxylic acids is 2. The summed E-state index contributed by atoms with van der Waals surface area (Å²) in [5.74, 6) is -0.986. The Morgan fingerprint density at radius 3 is 2.07 bits per heavy atom. The lowest BCUT2D eigenvalue weighted by molar-refractivity contribution is -0.161. The zero-order valence-corrected chi connectivity index (χ0v) is 17.3. The van der Waals surface area contributed by atoms with Gasteiger partial charge in [-0.25, -0.2) is 9.59 Å². The first-order valence-corrected chi connectivity index (χ1v) is 9.63. The number of carbonyl (C=O) groups is 3. The van der Waals surface area contributed by atoms with E-state index in [1.807, 2.05) is 30.3 Å². The fraction of sp³-hybridized carbons (Fsp3) is 0.571. The largest absolute Gasteiger partial charge is 0.481 e. The van der Waals surface area contributed by atoms with E-state index in [0.717, 1.165) is 5.56 Å². The number of rotatable bonds is 3. The maximum Gasteiger partial charge on any atom is 0.410 e. The van der Waals surface area contributed by atoms with Crippen LogP contribution < -0.4 is 0 Å². The van der Waals surface area contributed by atoms with E-state index >= 15 is 0 Å². The van der Waals surface area contributed by atoms with Crippen molar-refractivity contribution in [2.75, 3.05) is 26.2 Å². The van der Waals surface area contributed by atoms with Gasteiger partial charge in [-0.05, 0) is 33.3 Å². The van der Waals surface area contributed by atoms with Crippen LogP contribution in [0.3, 0.4) is 0 Å². The van der Waals surface area contributed by atoms with Crippen LogP contribution in [0.4, 0.5) is 9.59 Å². The zero-order valence-electron chi connectivity index (χ0n) is 17.3. The molecule has 1 spiro atoms. The van der Waals surface area contributed by atoms with Crippen molar-refractivity contribution < 1.29 is 29.0 Å². The summed E-state index contributed by atoms with van der Waals surface area (Å²) >= 11 is 0. The van der Waals surface area contributed by atoms with Gasteiger partial charge < -0.3 is 24.4 Å². The molecule has 0 aliphatic carbocycles. The van der Waals surface area contributed by atoms with E-state index in [1.165, 1.54) is 9.80 Å². The molecule has 2 amide bonds. The molecule has 2 aliphatic heterocycles. The predicted molar refractivity (Wildman–Crippen MR) is 104 cm³/mol. The van der Waals surface area contributed by atoms with Gasteiger partial charge in [-0.3, -0.25) is 4.79 Å². The van der Waals surface area contributed by atoms with Crippen LogP contribution in [-0.2, 0) is 20.9 Å². The number of hydrogen-bond acceptors (Lipinski definition) is 5. The van der Waals surface area contributed by atoms with E-state index in [4.69, 9.17) is 9.47 Å². The Hall–Kier alpha value is -2.77. The highest BCUT2D eigenvalue weighted by Crippen LogP contribution is 2.52. The number of aliphatic carboxylic acids is 1. The molecule has 2 saturated heterocycles. The second kappa shape index (κ2) is 7.24. The average molecular weight is 404 g/mol. The minimum Gasteiger partial charge on any atom is -0.481 e. The van der Waals surface area contributed by atoms with Crippen LogP contribution in [0.2, 0.25) is 0 Å². The van der Waals surface area contributed by atoms with Gasteiger partial charge in [0.25, 0.3) is 0 Å². The molecule has 29 heavy (non-hydrogen) atoms. The van der Waals surface area contributed by atoms with Gasteiger partial charge in [0.1, 0.15) is 12.2 Å². The van der Waals surface area contributed by atoms with Gasteiger partial charge in [-0.15, -0.1) is 0 Å². The second-order valence-electron chi connectivity index (χ2n) is 9.15. The number of amides is 2. The highest BCUT2D eigenvalue weighted by Gasteiger charge is 2.66. The van der Waals surface area contributed by atoms with Gasteiger partial charge in [0.15, 0.2) is 0 Å². The molecular formula is C21H28N2O6. The van der Waals surface area contributed by atoms with Crippen LogP contribution in [0, 0.1) is 10.8 Å². The molecule has 1 aromatic rings. The summed E-state index contributed by atoms with van der Waals surface area (Å²) in [5.41, 5.74) is -1.66. The van der Waals surface area contributed by atoms with E-state index in [1.54, 1.807) is 27.7 Å². The van der Waals surface area contributed by atoms with Crippen LogP contribution in [0.15, 0.2) is 30.3 Å². The van der Waals surface area contributed by atoms with Crippen molar-refractivity contribution in [1.29, 1.82) is 0 Å². The molecule has 0 saturated carbocycles. The van der Waals surface area contributed by atoms with Crippen molar-refractivity contribution in [2.24, 2.45) is 10.8 Å². The molecule has 158 valence electrons. The van der Waals surface area contributed by atoms with Gasteiger partial charge in [0.2, 0.25) is 0 Å². The Balaban J connectivity index is 1.66. The summed E-state index contributed by atoms with van der Waals surface area (Å²) < 4.78 is 10.7. The van der Waals surface area contributed by atoms with E-state index in [0.29, 0.717) is 0 Å². The maximum absolute atomic E-state index is 12.6. The summed E-state index contributed by atoms with van der Waals surface area (Å²) in [6.45, 7) is 7.82. The van der Waals surface area contributed by atoms with E-state index in [-0.39, 0.29) is 32.8 Å². The number of carboxylic acids is 1. The molecule has 1 aromatic carbocycles. The van der Waals surface area contributed by atoms with E-state index in [2.05, 4.69) is 0 Å². The number of benzene rings is 1. The monoisotopic (exact) mass is 404 g/mol. The van der Waals surface area contributed by atoms with Gasteiger partial charge in [-0.2, -0.15) is 0 Å². The predicted octanol–water partition coefficient (Wildman–Crippen LogP) is 2.97. The normalized spacial score (nSPS) is 22.9. The van der Waals surface area contributed by atoms with Crippen LogP contribution in [0.25, 0.3) is 0 Å². The standard InChI is InChI=1S/C21H28N2O6/c1-19(2,3)29-18(27)23-13-21(14-23)12-22(11-20(21,4)16(24)25)17(26)28-10-15-8-6-5-7-9-15/h5-9H,10-14H2,1-4H3,(H,24,25)/t20-/m0/s1. The smallest absolute Gasteiger partial charge is 0.410 e. The number of likely N-dealkylation sites (tertiary alicyclic amines) is 2. The number of nitrogens with zero attached hydrogens (tertiary/aromatic N) is 2. The third-order valence-corrected chi connectivity index (χ3v) is 5.75. The minimum atomic E-state index is -1.17. The molecule has 8 nitrogen and oxygen atoms in total. The maximum atomic E-state index is 12.6. The quantitative estimate of drug-likeness (QED) is 0.832. The van der Waals surface area contributed by atoms with Gasteiger partial charge in [0, 0.05) is 31.6 Å². The summed E-state index contributed by atoms with van der Waals surface area (Å²) in [4.78, 5) is 39.8. The first-order valence-electron chi connectivity index (χ1n) is 9.63. The Labute approximate surface area is 170 Å². The molecule has 3 rings (SSSR count). The number of carboxylic acid groups (broad SMARTS) is 1. The Morgan fingerprint density at radius 2 is 1.55 bits per heavy atom. The van der Waals surface area contributed by atoms with Crippen LogP contribution in [-0.4, -0.2) is 64.8 Å². The molecule has 0 radical (unpaired) electrons. The molecule has 0 unspecified atom stereocenters. The lowest BCUT2D eigenvalue weighted by Gasteiger charge is -2.53. The summed E-state index contributed by atoms with van der Waals surface area (Å²) in [5, 5.41) is 9.88. The highest BCUT2D eigenvalue weighted by atomic mass is 16.6. The van der Waals surface area contributed by atoms with Gasteiger partial charge >= 0.3 is 18.2 Å². The van der Waals surface area contributed by atoms with Gasteiger partial charge in [-0.1, -0.05) is 30.3 Å². The topological polar surface area (TPSA) is 96.4 Å². The van der Waals surface area contributed by atoms with E-state index < -0.39 is 34.6 Å². The van der Waals surface area contributed by atoms with Crippen molar-refractivity contribution >= 4 is 18.2 Å². The van der Waals surface area contributed by atoms with Crippen molar-refractivity contribution in [3.05, 3.63) is 35.9 Å². The third-order valence-electron chi connectivity index (χ3n) is 5.75. The summed E-state index contributed by atoms with van der Waals surface area (Å²) in [6.07, 6.45) is -1.02. The lowest BCUT2D eigenvalue weighted by atomic mass is 9.62. The van der Waals surface area contributed by atoms with Crippen LogP contribution >= 0.6 is 0 Å². The van der Waals surface area contributed by atoms with Crippen LogP contribution in [0.1, 0.15) is 33.3 Å². The number of ether oxygens (including phenoxy) is 2. The van der Waals surface area contributed by atoms with Crippen molar-refractivity contribution in [3.8, 4) is 0 Å². The lowest BCUT2D eigenvalue weighted by Crippen LogP contribution is -2.67. The van der Waals surface area contributed by atoms with Gasteiger partial charge in [0.05, 0.1) is 5.41 Å². The Bertz CT molecular complexity index is 797. The Morgan fingerprint density at radius 1 is 1.00 bits per heavy atom. The molecule has 2 heterocycles. The second-order valence-corrected chi connectivity index (χ2v) is 9.15. The average Bonchev–Trinajstić information content (AvgIpc) is 2.93. The van der Waals surface area contributed by atoms with Crippen LogP contribution in [0.5, 0.6) is 0 Å². The molecular weight excluding hydrogens is 376 g/mol. The molecule has 0 bridgehead atoms. The summed E-state index contributed by atoms with van der Waals surface area (Å²) in [6, 6.07) is 9.29. The fourth-order valence-corrected chi connectivity index (χ4v) is 3.97. The first-order chi connectivity index (χ1) is 13.5. The fourth-order valence-electron chi connectivity index (χ4n) is 3.97. The minimum absolute atomic E-state index is 0.0398. The molecule has 1 N–H and O–H groups in total. The zero-order chi connectivity index (χ0) is 21.4. The van der Waals surface area contributed by atoms with Crippen molar-refractivity contribution in [1.82, 2.24) is 9.80 Å². The highest BCUT2D eigenvalue weighted by molar-refractivity contribution is 5.80. The van der Waals surface area contributed by atoms with Crippen molar-refractivity contribution in [3.63, 3.8) is 0 Å². The Kier molecular flexibility index (Phi) is 5.23. The molecule has 1 atom stereocenters. The molecule has 8 heteroatoms. The van der Waals surface area contributed by atoms with Crippen molar-refractivity contribution in [2.45, 2.75) is 39.9 Å². The first kappa shape index (κ1) is 21.0. The third kappa shape index (κ3) is 4.02. The number of hydrogen-bond donors (Lipinski definition) is 1. The summed E-state index contributed by atoms with van der Waals surface area (Å²) in [7, 11) is 0. The molecule has 2 fully saturated rings. The van der Waals surface area contributed by atoms with E-state index in [9.17, 15) is 19.5 Å². The molecule has 0 aromatic heterocycles. The molecule has 2 aliphatic rings. The SMILES string of the molecule is CC(C)(C)OC(=O)N1CC2(CN(C(=O)OCc3ccccc3)C[C@@]2(C)C(=O)O)C1.